The average molecular weight is 2160 g/mol. The smallest absolute Gasteiger partial charge is 0.296 e. The normalized spacial score (nSPS) is 12.2. The third kappa shape index (κ3) is 48.6. The first kappa shape index (κ1) is 103. The fourth-order valence-corrected chi connectivity index (χ4v) is 13.5. The molecule has 0 spiro atoms. The van der Waals surface area contributed by atoms with Crippen LogP contribution < -0.4 is 113 Å². The van der Waals surface area contributed by atoms with Gasteiger partial charge in [-0.05, 0) is 218 Å². The third-order valence-corrected chi connectivity index (χ3v) is 24.4. The standard InChI is InChI=1S/2C11H16O3S.3C10H14O3S.3C7H8I.2C6H6I/c2*1-3-9(2)11-6-4-10(5-7-11)8-15(12,13)14;3*1-3-8(2)9-4-6-10(7-5-9)14(11,12)13;3*1-6-2-4-7(8)5-3-6;2*7-6-4-2-1-3-5-6/h2*4-7,9H,3,8H2,1-2H3,(H,12,13,14);3*4-8H,3H2,1-2H3,(H,11,12,13);3*2-5,8H,1H3;2*1-5,7H/q;;;;;5*+1/p-5. The maximum Gasteiger partial charge on any atom is 0.296 e. The molecule has 10 aromatic rings. The Labute approximate surface area is 726 Å². The minimum absolute atomic E-state index is 0.162. The molecule has 110 heavy (non-hydrogen) atoms. The summed E-state index contributed by atoms with van der Waals surface area (Å²) in [6.07, 6.45) is 5.05. The van der Waals surface area contributed by atoms with Gasteiger partial charge in [-0.3, -0.25) is 0 Å². The van der Waals surface area contributed by atoms with Gasteiger partial charge in [-0.15, -0.1) is 0 Å². The van der Waals surface area contributed by atoms with Gasteiger partial charge in [-0.1, -0.05) is 244 Å². The molecule has 0 radical (unpaired) electrons. The molecule has 0 aliphatic heterocycles. The van der Waals surface area contributed by atoms with Crippen molar-refractivity contribution in [1.29, 1.82) is 0 Å². The lowest BCUT2D eigenvalue weighted by Crippen LogP contribution is -3.34. The summed E-state index contributed by atoms with van der Waals surface area (Å²) in [5.74, 6) is 1.24. The number of aryl methyl sites for hydroxylation is 3. The molecule has 15 nitrogen and oxygen atoms in total. The van der Waals surface area contributed by atoms with Crippen LogP contribution in [-0.2, 0) is 62.1 Å². The van der Waals surface area contributed by atoms with Gasteiger partial charge in [0.15, 0.2) is 17.9 Å². The van der Waals surface area contributed by atoms with Crippen LogP contribution in [0, 0.1) is 38.6 Å². The van der Waals surface area contributed by atoms with E-state index in [9.17, 15) is 64.9 Å². The molecule has 5 atom stereocenters. The van der Waals surface area contributed by atoms with E-state index >= 15 is 0 Å². The minimum Gasteiger partial charge on any atom is -0.748 e. The van der Waals surface area contributed by atoms with Gasteiger partial charge in [0, 0.05) is 0 Å². The van der Waals surface area contributed by atoms with Crippen LogP contribution in [-0.4, -0.2) is 64.9 Å². The molecular formula is C85H105I5O15S5. The first-order valence-corrected chi connectivity index (χ1v) is 48.4. The minimum atomic E-state index is -4.30. The molecule has 0 saturated heterocycles. The predicted molar refractivity (Wildman–Crippen MR) is 423 cm³/mol. The van der Waals surface area contributed by atoms with Crippen LogP contribution in [0.3, 0.4) is 0 Å². The monoisotopic (exact) mass is 2160 g/mol. The third-order valence-electron chi connectivity index (χ3n) is 16.6. The Morgan fingerprint density at radius 2 is 0.409 bits per heavy atom. The Morgan fingerprint density at radius 3 is 0.536 bits per heavy atom. The molecule has 0 fully saturated rings. The van der Waals surface area contributed by atoms with Crippen molar-refractivity contribution in [3.8, 4) is 0 Å². The molecule has 0 aromatic heterocycles. The maximum atomic E-state index is 10.6. The van der Waals surface area contributed by atoms with Gasteiger partial charge in [0.25, 0.3) is 113 Å². The van der Waals surface area contributed by atoms with Gasteiger partial charge < -0.3 is 22.8 Å². The summed E-state index contributed by atoms with van der Waals surface area (Å²) in [6.45, 7) is 27.1. The molecule has 10 aromatic carbocycles. The summed E-state index contributed by atoms with van der Waals surface area (Å²) in [6, 6.07) is 78.7. The van der Waals surface area contributed by atoms with Crippen LogP contribution in [0.5, 0.6) is 0 Å². The fourth-order valence-electron chi connectivity index (χ4n) is 8.82. The molecule has 0 saturated carbocycles. The van der Waals surface area contributed by atoms with Crippen molar-refractivity contribution in [2.75, 3.05) is 0 Å². The summed E-state index contributed by atoms with van der Waals surface area (Å²) in [5.41, 5.74) is 10.6. The molecular weight excluding hydrogens is 2060 g/mol. The molecule has 10 rings (SSSR count). The van der Waals surface area contributed by atoms with Crippen molar-refractivity contribution in [2.45, 2.75) is 178 Å². The van der Waals surface area contributed by atoms with Crippen LogP contribution in [0.2, 0.25) is 0 Å². The number of halogens is 5. The fraction of sp³-hybridized carbons (Fsp3) is 0.294. The Morgan fingerprint density at radius 1 is 0.245 bits per heavy atom. The molecule has 0 heterocycles. The number of hydrogen-bond donors (Lipinski definition) is 0. The number of benzene rings is 10. The van der Waals surface area contributed by atoms with E-state index in [1.54, 1.807) is 60.7 Å². The largest absolute Gasteiger partial charge is 0.748 e. The Hall–Kier alpha value is -4.60. The van der Waals surface area contributed by atoms with E-state index in [-0.39, 0.29) is 14.7 Å². The molecule has 0 N–H and O–H groups in total. The first-order chi connectivity index (χ1) is 51.3. The van der Waals surface area contributed by atoms with E-state index in [0.717, 1.165) is 48.8 Å². The van der Waals surface area contributed by atoms with Crippen molar-refractivity contribution < 1.29 is 178 Å². The van der Waals surface area contributed by atoms with E-state index in [1.807, 2.05) is 174 Å². The van der Waals surface area contributed by atoms with E-state index in [4.69, 9.17) is 0 Å². The zero-order chi connectivity index (χ0) is 83.4. The van der Waals surface area contributed by atoms with Gasteiger partial charge in [-0.25, -0.2) is 42.1 Å². The summed E-state index contributed by atoms with van der Waals surface area (Å²) in [5, 5.41) is 0. The second kappa shape index (κ2) is 54.3. The summed E-state index contributed by atoms with van der Waals surface area (Å²) >= 11 is 10.1. The van der Waals surface area contributed by atoms with Crippen LogP contribution in [0.15, 0.2) is 269 Å². The second-order valence-corrected chi connectivity index (χ2v) is 39.2. The highest BCUT2D eigenvalue weighted by Gasteiger charge is 2.10. The summed E-state index contributed by atoms with van der Waals surface area (Å²) in [4.78, 5) is -0.487. The molecule has 5 unspecified atom stereocenters. The van der Waals surface area contributed by atoms with Gasteiger partial charge >= 0.3 is 0 Å². The van der Waals surface area contributed by atoms with Crippen molar-refractivity contribution in [2.24, 2.45) is 0 Å². The first-order valence-electron chi connectivity index (χ1n) is 35.2. The highest BCUT2D eigenvalue weighted by Crippen LogP contribution is 2.24. The zero-order valence-corrected chi connectivity index (χ0v) is 80.0. The maximum absolute atomic E-state index is 10.6. The van der Waals surface area contributed by atoms with Gasteiger partial charge in [0.2, 0.25) is 0 Å². The SMILES string of the molecule is CCC(C)c1ccc(CS(=O)(=O)[O-])cc1.CCC(C)c1ccc(CS(=O)(=O)[O-])cc1.CCC(C)c1ccc(S(=O)(=O)[O-])cc1.CCC(C)c1ccc(S(=O)(=O)[O-])cc1.CCC(C)c1ccc(S(=O)(=O)[O-])cc1.Cc1ccc([IH+])cc1.Cc1ccc([IH+])cc1.Cc1ccc([IH+])cc1.[IH+]c1ccccc1.[IH+]c1ccccc1. The highest BCUT2D eigenvalue weighted by molar-refractivity contribution is 7.86. The molecule has 25 heteroatoms. The average Bonchev–Trinajstić information content (AvgIpc) is 0.899. The summed E-state index contributed by atoms with van der Waals surface area (Å²) in [7, 11) is -21.2. The van der Waals surface area contributed by atoms with E-state index in [0.29, 0.717) is 40.7 Å². The van der Waals surface area contributed by atoms with Crippen LogP contribution in [0.1, 0.15) is 187 Å². The lowest BCUT2D eigenvalue weighted by Gasteiger charge is -2.11. The van der Waals surface area contributed by atoms with Crippen molar-refractivity contribution >= 4 is 50.6 Å². The van der Waals surface area contributed by atoms with Gasteiger partial charge in [0.05, 0.1) is 46.4 Å². The summed E-state index contributed by atoms with van der Waals surface area (Å²) < 4.78 is 165. The van der Waals surface area contributed by atoms with Crippen molar-refractivity contribution in [1.82, 2.24) is 0 Å². The topological polar surface area (TPSA) is 286 Å². The van der Waals surface area contributed by atoms with E-state index < -0.39 is 62.1 Å². The Balaban J connectivity index is 0.000000618. The van der Waals surface area contributed by atoms with Crippen molar-refractivity contribution in [3.63, 3.8) is 0 Å². The Kier molecular flexibility index (Phi) is 51.0. The van der Waals surface area contributed by atoms with Crippen LogP contribution in [0.4, 0.5) is 0 Å². The van der Waals surface area contributed by atoms with Gasteiger partial charge in [0.1, 0.15) is 30.4 Å². The molecule has 0 aliphatic carbocycles. The van der Waals surface area contributed by atoms with Gasteiger partial charge in [-0.2, -0.15) is 0 Å². The quantitative estimate of drug-likeness (QED) is 0.0935. The highest BCUT2D eigenvalue weighted by atomic mass is 127. The molecule has 0 aliphatic rings. The van der Waals surface area contributed by atoms with Crippen molar-refractivity contribution in [3.05, 3.63) is 328 Å². The second-order valence-electron chi connectivity index (χ2n) is 25.6. The molecule has 0 amide bonds. The molecule has 0 bridgehead atoms. The molecule has 600 valence electrons. The van der Waals surface area contributed by atoms with Crippen LogP contribution in [0.25, 0.3) is 0 Å². The lowest BCUT2D eigenvalue weighted by atomic mass is 9.98. The Bertz CT molecular complexity index is 4290. The lowest BCUT2D eigenvalue weighted by molar-refractivity contribution is -0.328. The van der Waals surface area contributed by atoms with Crippen LogP contribution >= 0.6 is 0 Å². The van der Waals surface area contributed by atoms with E-state index in [1.165, 1.54) is 82.1 Å². The predicted octanol–water partition coefficient (Wildman–Crippen LogP) is 2.44. The number of rotatable bonds is 17. The van der Waals surface area contributed by atoms with E-state index in [2.05, 4.69) is 187 Å². The zero-order valence-electron chi connectivity index (χ0n) is 64.3. The number of hydrogen-bond acceptors (Lipinski definition) is 15.